The van der Waals surface area contributed by atoms with Crippen molar-refractivity contribution < 1.29 is 4.74 Å². The van der Waals surface area contributed by atoms with Crippen molar-refractivity contribution in [2.75, 3.05) is 33.4 Å². The van der Waals surface area contributed by atoms with E-state index in [1.54, 1.807) is 11.3 Å². The molecule has 0 spiro atoms. The lowest BCUT2D eigenvalue weighted by atomic mass is 10.1. The predicted molar refractivity (Wildman–Crippen MR) is 109 cm³/mol. The molecule has 0 atom stereocenters. The predicted octanol–water partition coefficient (Wildman–Crippen LogP) is 2.75. The van der Waals surface area contributed by atoms with E-state index >= 15 is 0 Å². The molecule has 3 rings (SSSR count). The Balaban J connectivity index is 1.45. The molecule has 0 saturated carbocycles. The summed E-state index contributed by atoms with van der Waals surface area (Å²) in [6.07, 6.45) is 0. The number of benzene rings is 1. The van der Waals surface area contributed by atoms with Crippen LogP contribution in [0.25, 0.3) is 0 Å². The molecule has 0 amide bonds. The van der Waals surface area contributed by atoms with E-state index in [2.05, 4.69) is 63.2 Å². The van der Waals surface area contributed by atoms with Crippen LogP contribution in [0.5, 0.6) is 0 Å². The Morgan fingerprint density at radius 1 is 1.08 bits per heavy atom. The number of nitrogens with one attached hydrogen (secondary N) is 2. The molecule has 0 aliphatic carbocycles. The number of aryl methyl sites for hydroxylation is 1. The molecule has 1 saturated heterocycles. The molecule has 26 heavy (non-hydrogen) atoms. The van der Waals surface area contributed by atoms with Crippen molar-refractivity contribution >= 4 is 17.3 Å². The Hall–Kier alpha value is -1.89. The Morgan fingerprint density at radius 2 is 1.77 bits per heavy atom. The minimum absolute atomic E-state index is 0.765. The monoisotopic (exact) mass is 372 g/mol. The van der Waals surface area contributed by atoms with Crippen molar-refractivity contribution in [3.8, 4) is 0 Å². The molecular weight excluding hydrogens is 344 g/mol. The van der Waals surface area contributed by atoms with Gasteiger partial charge in [0.25, 0.3) is 0 Å². The lowest BCUT2D eigenvalue weighted by Gasteiger charge is -2.26. The van der Waals surface area contributed by atoms with E-state index in [1.165, 1.54) is 21.6 Å². The zero-order chi connectivity index (χ0) is 18.2. The number of rotatable bonds is 6. The van der Waals surface area contributed by atoms with Crippen molar-refractivity contribution in [1.82, 2.24) is 15.5 Å². The number of morpholine rings is 1. The van der Waals surface area contributed by atoms with E-state index in [1.807, 2.05) is 7.05 Å². The molecule has 1 aliphatic heterocycles. The maximum atomic E-state index is 5.40. The maximum absolute atomic E-state index is 5.40. The van der Waals surface area contributed by atoms with E-state index in [0.717, 1.165) is 51.9 Å². The minimum Gasteiger partial charge on any atom is -0.379 e. The van der Waals surface area contributed by atoms with Crippen LogP contribution < -0.4 is 10.6 Å². The summed E-state index contributed by atoms with van der Waals surface area (Å²) in [6, 6.07) is 11.0. The highest BCUT2D eigenvalue weighted by Crippen LogP contribution is 2.14. The van der Waals surface area contributed by atoms with Crippen LogP contribution in [0.3, 0.4) is 0 Å². The highest BCUT2D eigenvalue weighted by atomic mass is 32.1. The quantitative estimate of drug-likeness (QED) is 0.605. The number of aliphatic imine (C=N–C) groups is 1. The van der Waals surface area contributed by atoms with E-state index in [9.17, 15) is 0 Å². The lowest BCUT2D eigenvalue weighted by Crippen LogP contribution is -2.36. The van der Waals surface area contributed by atoms with E-state index in [-0.39, 0.29) is 0 Å². The fourth-order valence-electron chi connectivity index (χ4n) is 2.94. The van der Waals surface area contributed by atoms with Crippen LogP contribution in [-0.4, -0.2) is 44.2 Å². The van der Waals surface area contributed by atoms with E-state index in [0.29, 0.717) is 0 Å². The van der Waals surface area contributed by atoms with Gasteiger partial charge < -0.3 is 15.4 Å². The largest absolute Gasteiger partial charge is 0.379 e. The second kappa shape index (κ2) is 9.71. The number of hydrogen-bond donors (Lipinski definition) is 2. The van der Waals surface area contributed by atoms with Gasteiger partial charge in [0.1, 0.15) is 0 Å². The summed E-state index contributed by atoms with van der Waals surface area (Å²) in [5, 5.41) is 8.89. The van der Waals surface area contributed by atoms with E-state index < -0.39 is 0 Å². The Morgan fingerprint density at radius 3 is 2.42 bits per heavy atom. The highest BCUT2D eigenvalue weighted by molar-refractivity contribution is 7.10. The topological polar surface area (TPSA) is 48.9 Å². The lowest BCUT2D eigenvalue weighted by molar-refractivity contribution is 0.0342. The summed E-state index contributed by atoms with van der Waals surface area (Å²) in [5.74, 6) is 0.829. The van der Waals surface area contributed by atoms with Crippen LogP contribution in [0.2, 0.25) is 0 Å². The van der Waals surface area contributed by atoms with Crippen LogP contribution in [-0.2, 0) is 24.4 Å². The zero-order valence-electron chi connectivity index (χ0n) is 15.6. The van der Waals surface area contributed by atoms with Gasteiger partial charge in [0.2, 0.25) is 0 Å². The number of guanidine groups is 1. The summed E-state index contributed by atoms with van der Waals surface area (Å²) in [7, 11) is 1.81. The van der Waals surface area contributed by atoms with Crippen LogP contribution in [0.4, 0.5) is 0 Å². The summed E-state index contributed by atoms with van der Waals surface area (Å²) in [6.45, 7) is 8.45. The van der Waals surface area contributed by atoms with Crippen molar-refractivity contribution in [1.29, 1.82) is 0 Å². The number of thiophene rings is 1. The fourth-order valence-corrected chi connectivity index (χ4v) is 3.78. The summed E-state index contributed by atoms with van der Waals surface area (Å²) < 4.78 is 5.40. The molecule has 1 aromatic heterocycles. The van der Waals surface area contributed by atoms with Crippen molar-refractivity contribution in [3.05, 3.63) is 57.3 Å². The first-order valence-corrected chi connectivity index (χ1v) is 9.98. The minimum atomic E-state index is 0.765. The first-order chi connectivity index (χ1) is 12.7. The molecule has 2 heterocycles. The summed E-state index contributed by atoms with van der Waals surface area (Å²) in [4.78, 5) is 8.09. The SMILES string of the molecule is CN=C(NCc1ccc(CN2CCOCC2)cc1)NCc1sccc1C. The zero-order valence-corrected chi connectivity index (χ0v) is 16.4. The van der Waals surface area contributed by atoms with Gasteiger partial charge in [-0.15, -0.1) is 11.3 Å². The average molecular weight is 373 g/mol. The second-order valence-electron chi connectivity index (χ2n) is 6.51. The van der Waals surface area contributed by atoms with Crippen LogP contribution >= 0.6 is 11.3 Å². The normalized spacial score (nSPS) is 15.8. The highest BCUT2D eigenvalue weighted by Gasteiger charge is 2.10. The second-order valence-corrected chi connectivity index (χ2v) is 7.51. The van der Waals surface area contributed by atoms with Crippen molar-refractivity contribution in [2.45, 2.75) is 26.6 Å². The van der Waals surface area contributed by atoms with Crippen LogP contribution in [0, 0.1) is 6.92 Å². The van der Waals surface area contributed by atoms with E-state index in [4.69, 9.17) is 4.74 Å². The molecule has 1 aliphatic rings. The summed E-state index contributed by atoms with van der Waals surface area (Å²) >= 11 is 1.78. The molecule has 2 aromatic rings. The van der Waals surface area contributed by atoms with Crippen LogP contribution in [0.1, 0.15) is 21.6 Å². The van der Waals surface area contributed by atoms with Gasteiger partial charge in [-0.1, -0.05) is 24.3 Å². The van der Waals surface area contributed by atoms with Gasteiger partial charge in [-0.25, -0.2) is 0 Å². The number of nitrogens with zero attached hydrogens (tertiary/aromatic N) is 2. The fraction of sp³-hybridized carbons (Fsp3) is 0.450. The van der Waals surface area contributed by atoms with Gasteiger partial charge in [0, 0.05) is 38.1 Å². The Kier molecular flexibility index (Phi) is 7.05. The van der Waals surface area contributed by atoms with Crippen molar-refractivity contribution in [2.24, 2.45) is 4.99 Å². The van der Waals surface area contributed by atoms with Gasteiger partial charge in [0.05, 0.1) is 19.8 Å². The molecule has 0 radical (unpaired) electrons. The molecule has 0 unspecified atom stereocenters. The van der Waals surface area contributed by atoms with Gasteiger partial charge in [-0.2, -0.15) is 0 Å². The molecule has 140 valence electrons. The molecule has 6 heteroatoms. The molecule has 0 bridgehead atoms. The standard InChI is InChI=1S/C20H28N4OS/c1-16-7-12-26-19(16)14-23-20(21-2)22-13-17-3-5-18(6-4-17)15-24-8-10-25-11-9-24/h3-7,12H,8-11,13-15H2,1-2H3,(H2,21,22,23). The number of ether oxygens (including phenoxy) is 1. The molecule has 5 nitrogen and oxygen atoms in total. The average Bonchev–Trinajstić information content (AvgIpc) is 3.09. The molecule has 2 N–H and O–H groups in total. The third kappa shape index (κ3) is 5.56. The van der Waals surface area contributed by atoms with Gasteiger partial charge >= 0.3 is 0 Å². The summed E-state index contributed by atoms with van der Waals surface area (Å²) in [5.41, 5.74) is 3.94. The smallest absolute Gasteiger partial charge is 0.191 e. The first-order valence-electron chi connectivity index (χ1n) is 9.10. The van der Waals surface area contributed by atoms with Crippen LogP contribution in [0.15, 0.2) is 40.7 Å². The Labute approximate surface area is 160 Å². The van der Waals surface area contributed by atoms with Gasteiger partial charge in [0.15, 0.2) is 5.96 Å². The third-order valence-electron chi connectivity index (χ3n) is 4.60. The third-order valence-corrected chi connectivity index (χ3v) is 5.62. The maximum Gasteiger partial charge on any atom is 0.191 e. The molecular formula is C20H28N4OS. The van der Waals surface area contributed by atoms with Gasteiger partial charge in [-0.05, 0) is 35.1 Å². The number of hydrogen-bond acceptors (Lipinski definition) is 4. The molecule has 1 fully saturated rings. The Bertz CT molecular complexity index is 705. The molecule has 1 aromatic carbocycles. The van der Waals surface area contributed by atoms with Crippen molar-refractivity contribution in [3.63, 3.8) is 0 Å². The van der Waals surface area contributed by atoms with Gasteiger partial charge in [-0.3, -0.25) is 9.89 Å². The first kappa shape index (κ1) is 18.9.